The highest BCUT2D eigenvalue weighted by Crippen LogP contribution is 2.31. The quantitative estimate of drug-likeness (QED) is 0.353. The van der Waals surface area contributed by atoms with E-state index in [-0.39, 0.29) is 18.3 Å². The van der Waals surface area contributed by atoms with Gasteiger partial charge in [0.15, 0.2) is 6.61 Å². The van der Waals surface area contributed by atoms with Crippen molar-refractivity contribution in [1.82, 2.24) is 4.98 Å². The van der Waals surface area contributed by atoms with Gasteiger partial charge in [-0.15, -0.1) is 0 Å². The monoisotopic (exact) mass is 400 g/mol. The van der Waals surface area contributed by atoms with Crippen LogP contribution in [0, 0.1) is 10.1 Å². The van der Waals surface area contributed by atoms with Crippen molar-refractivity contribution in [3.63, 3.8) is 0 Å². The molecule has 3 rings (SSSR count). The van der Waals surface area contributed by atoms with Crippen LogP contribution in [0.5, 0.6) is 5.75 Å². The van der Waals surface area contributed by atoms with E-state index < -0.39 is 10.8 Å². The molecule has 0 radical (unpaired) electrons. The number of nitro benzene ring substituents is 1. The third-order valence-corrected chi connectivity index (χ3v) is 4.30. The van der Waals surface area contributed by atoms with E-state index in [1.807, 2.05) is 6.92 Å². The maximum Gasteiger partial charge on any atom is 0.269 e. The van der Waals surface area contributed by atoms with Crippen LogP contribution in [0.2, 0.25) is 5.15 Å². The SMILES string of the molecule is CC(Nc1cc(Cl)nc2ccc(OCC(N)=O)cc12)c1ccc([N+](=O)[O-])cc1. The van der Waals surface area contributed by atoms with Crippen molar-refractivity contribution >= 4 is 39.8 Å². The zero-order valence-corrected chi connectivity index (χ0v) is 15.6. The highest BCUT2D eigenvalue weighted by molar-refractivity contribution is 6.30. The number of amides is 1. The predicted octanol–water partition coefficient (Wildman–Crippen LogP) is 3.83. The molecule has 1 heterocycles. The molecule has 1 aromatic heterocycles. The van der Waals surface area contributed by atoms with Crippen molar-refractivity contribution in [2.45, 2.75) is 13.0 Å². The van der Waals surface area contributed by atoms with Gasteiger partial charge in [0.2, 0.25) is 0 Å². The molecule has 3 N–H and O–H groups in total. The van der Waals surface area contributed by atoms with Gasteiger partial charge in [-0.25, -0.2) is 4.98 Å². The second kappa shape index (κ2) is 8.10. The Hall–Kier alpha value is -3.39. The number of non-ortho nitro benzene ring substituents is 1. The van der Waals surface area contributed by atoms with Crippen molar-refractivity contribution in [1.29, 1.82) is 0 Å². The smallest absolute Gasteiger partial charge is 0.269 e. The summed E-state index contributed by atoms with van der Waals surface area (Å²) in [7, 11) is 0. The molecular formula is C19H17ClN4O4. The maximum atomic E-state index is 10.9. The minimum atomic E-state index is -0.570. The summed E-state index contributed by atoms with van der Waals surface area (Å²) in [6.07, 6.45) is 0. The third kappa shape index (κ3) is 4.47. The fraction of sp³-hybridized carbons (Fsp3) is 0.158. The number of carbonyl (C=O) groups excluding carboxylic acids is 1. The molecule has 1 amide bonds. The van der Waals surface area contributed by atoms with Crippen LogP contribution in [0.25, 0.3) is 10.9 Å². The van der Waals surface area contributed by atoms with E-state index in [2.05, 4.69) is 10.3 Å². The van der Waals surface area contributed by atoms with Gasteiger partial charge in [0.1, 0.15) is 10.9 Å². The number of halogens is 1. The number of benzene rings is 2. The van der Waals surface area contributed by atoms with Crippen LogP contribution in [0.15, 0.2) is 48.5 Å². The lowest BCUT2D eigenvalue weighted by molar-refractivity contribution is -0.384. The molecule has 0 saturated carbocycles. The Bertz CT molecular complexity index is 1040. The van der Waals surface area contributed by atoms with E-state index in [9.17, 15) is 14.9 Å². The van der Waals surface area contributed by atoms with Crippen molar-refractivity contribution in [3.8, 4) is 5.75 Å². The molecule has 2 aromatic carbocycles. The van der Waals surface area contributed by atoms with E-state index in [1.165, 1.54) is 12.1 Å². The van der Waals surface area contributed by atoms with E-state index in [0.29, 0.717) is 22.1 Å². The molecule has 0 aliphatic carbocycles. The Kier molecular flexibility index (Phi) is 5.60. The number of hydrogen-bond donors (Lipinski definition) is 2. The number of nitrogens with two attached hydrogens (primary N) is 1. The summed E-state index contributed by atoms with van der Waals surface area (Å²) in [4.78, 5) is 25.6. The number of nitrogens with one attached hydrogen (secondary N) is 1. The predicted molar refractivity (Wildman–Crippen MR) is 107 cm³/mol. The number of rotatable bonds is 7. The van der Waals surface area contributed by atoms with Gasteiger partial charge in [0.05, 0.1) is 10.4 Å². The normalized spacial score (nSPS) is 11.8. The number of carbonyl (C=O) groups is 1. The first-order valence-electron chi connectivity index (χ1n) is 8.36. The Morgan fingerprint density at radius 3 is 2.64 bits per heavy atom. The average molecular weight is 401 g/mol. The average Bonchev–Trinajstić information content (AvgIpc) is 2.66. The molecule has 0 saturated heterocycles. The van der Waals surface area contributed by atoms with Gasteiger partial charge >= 0.3 is 0 Å². The Morgan fingerprint density at radius 2 is 2.00 bits per heavy atom. The molecule has 1 unspecified atom stereocenters. The van der Waals surface area contributed by atoms with E-state index in [0.717, 1.165) is 10.9 Å². The molecule has 0 spiro atoms. The maximum absolute atomic E-state index is 10.9. The fourth-order valence-corrected chi connectivity index (χ4v) is 2.94. The largest absolute Gasteiger partial charge is 0.484 e. The van der Waals surface area contributed by atoms with Gasteiger partial charge in [0, 0.05) is 29.2 Å². The minimum absolute atomic E-state index is 0.0320. The molecule has 144 valence electrons. The second-order valence-corrected chi connectivity index (χ2v) is 6.53. The number of fused-ring (bicyclic) bond motifs is 1. The van der Waals surface area contributed by atoms with Crippen LogP contribution in [0.1, 0.15) is 18.5 Å². The summed E-state index contributed by atoms with van der Waals surface area (Å²) in [5.74, 6) is -0.0964. The van der Waals surface area contributed by atoms with Gasteiger partial charge in [0.25, 0.3) is 11.6 Å². The Balaban J connectivity index is 1.90. The number of anilines is 1. The lowest BCUT2D eigenvalue weighted by Crippen LogP contribution is -2.20. The molecule has 8 nitrogen and oxygen atoms in total. The number of ether oxygens (including phenoxy) is 1. The molecule has 3 aromatic rings. The molecule has 9 heteroatoms. The highest BCUT2D eigenvalue weighted by Gasteiger charge is 2.13. The number of nitrogens with zero attached hydrogens (tertiary/aromatic N) is 2. The van der Waals surface area contributed by atoms with Crippen LogP contribution in [-0.4, -0.2) is 22.4 Å². The van der Waals surface area contributed by atoms with Crippen molar-refractivity contribution in [3.05, 3.63) is 69.4 Å². The minimum Gasteiger partial charge on any atom is -0.484 e. The summed E-state index contributed by atoms with van der Waals surface area (Å²) < 4.78 is 5.36. The summed E-state index contributed by atoms with van der Waals surface area (Å²) in [5, 5.41) is 15.2. The van der Waals surface area contributed by atoms with Crippen LogP contribution in [-0.2, 0) is 4.79 Å². The molecule has 1 atom stereocenters. The van der Waals surface area contributed by atoms with Crippen LogP contribution in [0.3, 0.4) is 0 Å². The number of nitro groups is 1. The third-order valence-electron chi connectivity index (χ3n) is 4.11. The Morgan fingerprint density at radius 1 is 1.29 bits per heavy atom. The lowest BCUT2D eigenvalue weighted by atomic mass is 10.1. The van der Waals surface area contributed by atoms with Gasteiger partial charge in [-0.05, 0) is 36.8 Å². The Labute approximate surface area is 165 Å². The molecule has 28 heavy (non-hydrogen) atoms. The van der Waals surface area contributed by atoms with E-state index >= 15 is 0 Å². The van der Waals surface area contributed by atoms with Crippen molar-refractivity contribution in [2.75, 3.05) is 11.9 Å². The summed E-state index contributed by atoms with van der Waals surface area (Å²) in [6, 6.07) is 13.0. The molecule has 0 fully saturated rings. The molecular weight excluding hydrogens is 384 g/mol. The number of hydrogen-bond acceptors (Lipinski definition) is 6. The number of primary amides is 1. The summed E-state index contributed by atoms with van der Waals surface area (Å²) in [6.45, 7) is 1.70. The standard InChI is InChI=1S/C19H17ClN4O4/c1-11(12-2-4-13(5-3-12)24(26)27)22-17-9-18(20)23-16-7-6-14(8-15(16)17)28-10-19(21)25/h2-9,11H,10H2,1H3,(H2,21,25)(H,22,23). The lowest BCUT2D eigenvalue weighted by Gasteiger charge is -2.18. The topological polar surface area (TPSA) is 120 Å². The zero-order chi connectivity index (χ0) is 20.3. The fourth-order valence-electron chi connectivity index (χ4n) is 2.74. The van der Waals surface area contributed by atoms with E-state index in [1.54, 1.807) is 36.4 Å². The first-order valence-corrected chi connectivity index (χ1v) is 8.73. The number of aromatic nitrogens is 1. The first kappa shape index (κ1) is 19.4. The first-order chi connectivity index (χ1) is 13.3. The van der Waals surface area contributed by atoms with Crippen LogP contribution in [0.4, 0.5) is 11.4 Å². The van der Waals surface area contributed by atoms with Gasteiger partial charge in [-0.1, -0.05) is 23.7 Å². The second-order valence-electron chi connectivity index (χ2n) is 6.14. The zero-order valence-electron chi connectivity index (χ0n) is 14.9. The van der Waals surface area contributed by atoms with Gasteiger partial charge < -0.3 is 15.8 Å². The van der Waals surface area contributed by atoms with E-state index in [4.69, 9.17) is 22.1 Å². The van der Waals surface area contributed by atoms with Gasteiger partial charge in [-0.3, -0.25) is 14.9 Å². The van der Waals surface area contributed by atoms with Gasteiger partial charge in [-0.2, -0.15) is 0 Å². The summed E-state index contributed by atoms with van der Waals surface area (Å²) >= 11 is 6.13. The molecule has 0 aliphatic heterocycles. The molecule has 0 aliphatic rings. The van der Waals surface area contributed by atoms with Crippen molar-refractivity contribution < 1.29 is 14.5 Å². The van der Waals surface area contributed by atoms with Crippen molar-refractivity contribution in [2.24, 2.45) is 5.73 Å². The van der Waals surface area contributed by atoms with Crippen LogP contribution >= 0.6 is 11.6 Å². The van der Waals surface area contributed by atoms with Crippen LogP contribution < -0.4 is 15.8 Å². The molecule has 0 bridgehead atoms. The number of pyridine rings is 1. The summed E-state index contributed by atoms with van der Waals surface area (Å²) in [5.41, 5.74) is 7.38. The highest BCUT2D eigenvalue weighted by atomic mass is 35.5.